The fraction of sp³-hybridized carbons (Fsp3) is 0.143. The quantitative estimate of drug-likeness (QED) is 0.830. The van der Waals surface area contributed by atoms with E-state index in [1.807, 2.05) is 0 Å². The molecular formula is C14H12ClFO2. The second-order valence-electron chi connectivity index (χ2n) is 3.67. The van der Waals surface area contributed by atoms with Gasteiger partial charge in [-0.25, -0.2) is 4.39 Å². The summed E-state index contributed by atoms with van der Waals surface area (Å²) in [6, 6.07) is 10.1. The summed E-state index contributed by atoms with van der Waals surface area (Å²) >= 11 is 5.78. The van der Waals surface area contributed by atoms with Gasteiger partial charge in [0.25, 0.3) is 0 Å². The lowest BCUT2D eigenvalue weighted by Crippen LogP contribution is -1.92. The largest absolute Gasteiger partial charge is 0.497 e. The van der Waals surface area contributed by atoms with E-state index < -0.39 is 5.82 Å². The average Bonchev–Trinajstić information content (AvgIpc) is 2.41. The van der Waals surface area contributed by atoms with E-state index in [-0.39, 0.29) is 5.02 Å². The van der Waals surface area contributed by atoms with Crippen LogP contribution in [0.3, 0.4) is 0 Å². The van der Waals surface area contributed by atoms with Crippen molar-refractivity contribution < 1.29 is 13.9 Å². The van der Waals surface area contributed by atoms with Crippen LogP contribution in [0.15, 0.2) is 36.4 Å². The first-order valence-corrected chi connectivity index (χ1v) is 5.71. The Morgan fingerprint density at radius 3 is 2.44 bits per heavy atom. The van der Waals surface area contributed by atoms with E-state index in [1.54, 1.807) is 37.4 Å². The molecule has 0 heterocycles. The summed E-state index contributed by atoms with van der Waals surface area (Å²) < 4.78 is 24.3. The normalized spacial score (nSPS) is 10.2. The van der Waals surface area contributed by atoms with Crippen molar-refractivity contribution in [1.29, 1.82) is 0 Å². The SMILES string of the molecule is COc1ccc(-c2cccc(Cl)c2F)c(OC)c1. The number of ether oxygens (including phenoxy) is 2. The number of benzene rings is 2. The van der Waals surface area contributed by atoms with Gasteiger partial charge < -0.3 is 9.47 Å². The van der Waals surface area contributed by atoms with E-state index in [1.165, 1.54) is 13.2 Å². The molecule has 18 heavy (non-hydrogen) atoms. The van der Waals surface area contributed by atoms with E-state index in [9.17, 15) is 4.39 Å². The van der Waals surface area contributed by atoms with E-state index in [0.29, 0.717) is 22.6 Å². The highest BCUT2D eigenvalue weighted by Gasteiger charge is 2.13. The van der Waals surface area contributed by atoms with Gasteiger partial charge >= 0.3 is 0 Å². The molecule has 0 spiro atoms. The van der Waals surface area contributed by atoms with Crippen LogP contribution in [0.1, 0.15) is 0 Å². The highest BCUT2D eigenvalue weighted by Crippen LogP contribution is 2.36. The minimum Gasteiger partial charge on any atom is -0.497 e. The van der Waals surface area contributed by atoms with Gasteiger partial charge in [0.05, 0.1) is 19.2 Å². The maximum Gasteiger partial charge on any atom is 0.149 e. The second kappa shape index (κ2) is 5.27. The summed E-state index contributed by atoms with van der Waals surface area (Å²) in [6.07, 6.45) is 0. The van der Waals surface area contributed by atoms with Crippen molar-refractivity contribution >= 4 is 11.6 Å². The Hall–Kier alpha value is -1.74. The van der Waals surface area contributed by atoms with Crippen LogP contribution in [0.4, 0.5) is 4.39 Å². The molecule has 4 heteroatoms. The molecule has 2 aromatic rings. The predicted octanol–water partition coefficient (Wildman–Crippen LogP) is 4.16. The molecule has 2 rings (SSSR count). The molecule has 94 valence electrons. The Morgan fingerprint density at radius 2 is 1.78 bits per heavy atom. The zero-order valence-corrected chi connectivity index (χ0v) is 10.8. The standard InChI is InChI=1S/C14H12ClFO2/c1-17-9-6-7-10(13(8-9)18-2)11-4-3-5-12(15)14(11)16/h3-8H,1-2H3. The zero-order valence-electron chi connectivity index (χ0n) is 10.0. The van der Waals surface area contributed by atoms with E-state index >= 15 is 0 Å². The van der Waals surface area contributed by atoms with Crippen molar-refractivity contribution in [2.75, 3.05) is 14.2 Å². The third-order valence-corrected chi connectivity index (χ3v) is 2.94. The van der Waals surface area contributed by atoms with E-state index in [0.717, 1.165) is 0 Å². The summed E-state index contributed by atoms with van der Waals surface area (Å²) in [5, 5.41) is 0.0883. The maximum atomic E-state index is 14.0. The van der Waals surface area contributed by atoms with E-state index in [2.05, 4.69) is 0 Å². The Kier molecular flexibility index (Phi) is 3.72. The molecule has 0 aliphatic heterocycles. The average molecular weight is 267 g/mol. The molecular weight excluding hydrogens is 255 g/mol. The molecule has 0 saturated heterocycles. The lowest BCUT2D eigenvalue weighted by Gasteiger charge is -2.11. The van der Waals surface area contributed by atoms with Gasteiger partial charge in [0.1, 0.15) is 17.3 Å². The van der Waals surface area contributed by atoms with Crippen LogP contribution in [0.25, 0.3) is 11.1 Å². The fourth-order valence-electron chi connectivity index (χ4n) is 1.73. The Bertz CT molecular complexity index is 570. The fourth-order valence-corrected chi connectivity index (χ4v) is 1.91. The van der Waals surface area contributed by atoms with Crippen molar-refractivity contribution in [2.24, 2.45) is 0 Å². The third-order valence-electron chi connectivity index (χ3n) is 2.65. The Balaban J connectivity index is 2.60. The van der Waals surface area contributed by atoms with Crippen LogP contribution < -0.4 is 9.47 Å². The summed E-state index contributed by atoms with van der Waals surface area (Å²) in [4.78, 5) is 0. The van der Waals surface area contributed by atoms with Crippen LogP contribution in [0, 0.1) is 5.82 Å². The summed E-state index contributed by atoms with van der Waals surface area (Å²) in [5.41, 5.74) is 1.04. The van der Waals surface area contributed by atoms with Crippen LogP contribution in [-0.4, -0.2) is 14.2 Å². The number of halogens is 2. The molecule has 2 nitrogen and oxygen atoms in total. The molecule has 2 aromatic carbocycles. The van der Waals surface area contributed by atoms with Gasteiger partial charge in [-0.2, -0.15) is 0 Å². The van der Waals surface area contributed by atoms with Crippen molar-refractivity contribution in [3.63, 3.8) is 0 Å². The number of hydrogen-bond donors (Lipinski definition) is 0. The monoisotopic (exact) mass is 266 g/mol. The van der Waals surface area contributed by atoms with Gasteiger partial charge in [0.2, 0.25) is 0 Å². The maximum absolute atomic E-state index is 14.0. The van der Waals surface area contributed by atoms with E-state index in [4.69, 9.17) is 21.1 Å². The van der Waals surface area contributed by atoms with Crippen LogP contribution in [-0.2, 0) is 0 Å². The topological polar surface area (TPSA) is 18.5 Å². The minimum atomic E-state index is -0.456. The molecule has 0 aliphatic rings. The number of methoxy groups -OCH3 is 2. The third kappa shape index (κ3) is 2.27. The smallest absolute Gasteiger partial charge is 0.149 e. The molecule has 0 aliphatic carbocycles. The second-order valence-corrected chi connectivity index (χ2v) is 4.07. The summed E-state index contributed by atoms with van der Waals surface area (Å²) in [6.45, 7) is 0. The summed E-state index contributed by atoms with van der Waals surface area (Å²) in [7, 11) is 3.09. The van der Waals surface area contributed by atoms with Crippen LogP contribution >= 0.6 is 11.6 Å². The Labute approximate surface area is 110 Å². The van der Waals surface area contributed by atoms with Gasteiger partial charge in [0.15, 0.2) is 0 Å². The number of rotatable bonds is 3. The first kappa shape index (κ1) is 12.7. The van der Waals surface area contributed by atoms with Gasteiger partial charge in [0, 0.05) is 17.2 Å². The van der Waals surface area contributed by atoms with Crippen molar-refractivity contribution in [1.82, 2.24) is 0 Å². The highest BCUT2D eigenvalue weighted by molar-refractivity contribution is 6.31. The summed E-state index contributed by atoms with van der Waals surface area (Å²) in [5.74, 6) is 0.733. The van der Waals surface area contributed by atoms with Crippen LogP contribution in [0.5, 0.6) is 11.5 Å². The predicted molar refractivity (Wildman–Crippen MR) is 70.0 cm³/mol. The molecule has 0 fully saturated rings. The van der Waals surface area contributed by atoms with Crippen molar-refractivity contribution in [2.45, 2.75) is 0 Å². The lowest BCUT2D eigenvalue weighted by atomic mass is 10.0. The lowest BCUT2D eigenvalue weighted by molar-refractivity contribution is 0.395. The van der Waals surface area contributed by atoms with Gasteiger partial charge in [-0.05, 0) is 18.2 Å². The molecule has 0 N–H and O–H groups in total. The van der Waals surface area contributed by atoms with Gasteiger partial charge in [-0.1, -0.05) is 23.7 Å². The van der Waals surface area contributed by atoms with Crippen LogP contribution in [0.2, 0.25) is 5.02 Å². The first-order chi connectivity index (χ1) is 8.67. The van der Waals surface area contributed by atoms with Crippen molar-refractivity contribution in [3.05, 3.63) is 47.2 Å². The minimum absolute atomic E-state index is 0.0883. The zero-order chi connectivity index (χ0) is 13.1. The first-order valence-electron chi connectivity index (χ1n) is 5.33. The Morgan fingerprint density at radius 1 is 1.00 bits per heavy atom. The molecule has 0 unspecified atom stereocenters. The molecule has 0 atom stereocenters. The molecule has 0 amide bonds. The van der Waals surface area contributed by atoms with Gasteiger partial charge in [-0.3, -0.25) is 0 Å². The molecule has 0 bridgehead atoms. The number of hydrogen-bond acceptors (Lipinski definition) is 2. The molecule has 0 radical (unpaired) electrons. The molecule has 0 saturated carbocycles. The van der Waals surface area contributed by atoms with Crippen molar-refractivity contribution in [3.8, 4) is 22.6 Å². The highest BCUT2D eigenvalue weighted by atomic mass is 35.5. The van der Waals surface area contributed by atoms with Gasteiger partial charge in [-0.15, -0.1) is 0 Å². The molecule has 0 aromatic heterocycles.